The number of para-hydroxylation sites is 1. The first-order valence-corrected chi connectivity index (χ1v) is 7.97. The molecule has 0 amide bonds. The molecule has 1 aromatic carbocycles. The maximum absolute atomic E-state index is 6.18. The second kappa shape index (κ2) is 6.44. The molecule has 2 aromatic rings. The molecule has 1 aliphatic carbocycles. The third kappa shape index (κ3) is 3.18. The summed E-state index contributed by atoms with van der Waals surface area (Å²) in [4.78, 5) is 4.56. The molecule has 3 heteroatoms. The Balaban J connectivity index is 1.78. The number of hydrogen-bond acceptors (Lipinski definition) is 3. The van der Waals surface area contributed by atoms with Crippen LogP contribution in [0.25, 0.3) is 10.9 Å². The largest absolute Gasteiger partial charge is 0.493 e. The Morgan fingerprint density at radius 3 is 2.76 bits per heavy atom. The third-order valence-corrected chi connectivity index (χ3v) is 4.63. The van der Waals surface area contributed by atoms with Crippen molar-refractivity contribution >= 4 is 10.9 Å². The molecule has 3 rings (SSSR count). The summed E-state index contributed by atoms with van der Waals surface area (Å²) in [7, 11) is 0. The second-order valence-corrected chi connectivity index (χ2v) is 6.13. The lowest BCUT2D eigenvalue weighted by Gasteiger charge is -2.30. The lowest BCUT2D eigenvalue weighted by Crippen LogP contribution is -2.30. The van der Waals surface area contributed by atoms with Crippen molar-refractivity contribution in [1.29, 1.82) is 0 Å². The topological polar surface area (TPSA) is 48.1 Å². The van der Waals surface area contributed by atoms with Crippen LogP contribution in [0.5, 0.6) is 5.75 Å². The van der Waals surface area contributed by atoms with Gasteiger partial charge in [0.2, 0.25) is 0 Å². The second-order valence-electron chi connectivity index (χ2n) is 6.13. The van der Waals surface area contributed by atoms with Gasteiger partial charge in [0.1, 0.15) is 5.75 Å². The van der Waals surface area contributed by atoms with E-state index in [2.05, 4.69) is 11.1 Å². The normalized spacial score (nSPS) is 22.4. The van der Waals surface area contributed by atoms with Crippen LogP contribution in [-0.2, 0) is 0 Å². The van der Waals surface area contributed by atoms with Gasteiger partial charge in [-0.2, -0.15) is 0 Å². The highest BCUT2D eigenvalue weighted by Crippen LogP contribution is 2.31. The van der Waals surface area contributed by atoms with Gasteiger partial charge in [-0.3, -0.25) is 4.98 Å². The van der Waals surface area contributed by atoms with Crippen molar-refractivity contribution in [3.05, 3.63) is 36.0 Å². The highest BCUT2D eigenvalue weighted by Gasteiger charge is 2.24. The minimum absolute atomic E-state index is 0.594. The maximum atomic E-state index is 6.18. The van der Waals surface area contributed by atoms with Crippen LogP contribution in [0, 0.1) is 18.8 Å². The molecule has 1 fully saturated rings. The molecule has 0 spiro atoms. The zero-order chi connectivity index (χ0) is 14.7. The molecule has 1 heterocycles. The third-order valence-electron chi connectivity index (χ3n) is 4.63. The summed E-state index contributed by atoms with van der Waals surface area (Å²) in [6.07, 6.45) is 5.11. The summed E-state index contributed by atoms with van der Waals surface area (Å²) in [5.41, 5.74) is 7.92. The summed E-state index contributed by atoms with van der Waals surface area (Å²) in [6, 6.07) is 10.2. The molecular weight excluding hydrogens is 260 g/mol. The average Bonchev–Trinajstić information content (AvgIpc) is 2.52. The van der Waals surface area contributed by atoms with Crippen molar-refractivity contribution in [1.82, 2.24) is 4.98 Å². The number of aromatic nitrogens is 1. The van der Waals surface area contributed by atoms with Crippen LogP contribution in [0.3, 0.4) is 0 Å². The Bertz CT molecular complexity index is 611. The zero-order valence-corrected chi connectivity index (χ0v) is 12.7. The highest BCUT2D eigenvalue weighted by atomic mass is 16.5. The molecule has 2 unspecified atom stereocenters. The molecule has 112 valence electrons. The lowest BCUT2D eigenvalue weighted by molar-refractivity contribution is 0.154. The van der Waals surface area contributed by atoms with Crippen molar-refractivity contribution < 1.29 is 4.74 Å². The number of aryl methyl sites for hydroxylation is 1. The van der Waals surface area contributed by atoms with Crippen LogP contribution < -0.4 is 10.5 Å². The Morgan fingerprint density at radius 1 is 1.19 bits per heavy atom. The van der Waals surface area contributed by atoms with Gasteiger partial charge in [-0.1, -0.05) is 25.0 Å². The van der Waals surface area contributed by atoms with E-state index in [0.717, 1.165) is 35.5 Å². The van der Waals surface area contributed by atoms with Crippen LogP contribution >= 0.6 is 0 Å². The molecule has 3 nitrogen and oxygen atoms in total. The SMILES string of the molecule is Cc1cc(OCC2CCCCC2CN)c2ccccc2n1. The first-order valence-electron chi connectivity index (χ1n) is 7.97. The van der Waals surface area contributed by atoms with E-state index in [-0.39, 0.29) is 0 Å². The molecule has 1 aromatic heterocycles. The van der Waals surface area contributed by atoms with Gasteiger partial charge >= 0.3 is 0 Å². The van der Waals surface area contributed by atoms with Crippen LogP contribution in [-0.4, -0.2) is 18.1 Å². The lowest BCUT2D eigenvalue weighted by atomic mass is 9.80. The summed E-state index contributed by atoms with van der Waals surface area (Å²) >= 11 is 0. The van der Waals surface area contributed by atoms with Crippen LogP contribution in [0.1, 0.15) is 31.4 Å². The minimum Gasteiger partial charge on any atom is -0.493 e. The van der Waals surface area contributed by atoms with Gasteiger partial charge in [-0.25, -0.2) is 0 Å². The van der Waals surface area contributed by atoms with Crippen molar-refractivity contribution in [3.63, 3.8) is 0 Å². The van der Waals surface area contributed by atoms with E-state index in [0.29, 0.717) is 11.8 Å². The van der Waals surface area contributed by atoms with Gasteiger partial charge in [-0.15, -0.1) is 0 Å². The number of nitrogens with zero attached hydrogens (tertiary/aromatic N) is 1. The van der Waals surface area contributed by atoms with Gasteiger partial charge in [0.15, 0.2) is 0 Å². The quantitative estimate of drug-likeness (QED) is 0.931. The summed E-state index contributed by atoms with van der Waals surface area (Å²) in [5, 5.41) is 1.10. The minimum atomic E-state index is 0.594. The number of hydrogen-bond donors (Lipinski definition) is 1. The van der Waals surface area contributed by atoms with E-state index < -0.39 is 0 Å². The summed E-state index contributed by atoms with van der Waals surface area (Å²) < 4.78 is 6.18. The summed E-state index contributed by atoms with van der Waals surface area (Å²) in [6.45, 7) is 3.57. The molecule has 0 aliphatic heterocycles. The average molecular weight is 284 g/mol. The fourth-order valence-electron chi connectivity index (χ4n) is 3.40. The fraction of sp³-hybridized carbons (Fsp3) is 0.500. The number of rotatable bonds is 4. The van der Waals surface area contributed by atoms with Crippen molar-refractivity contribution in [2.24, 2.45) is 17.6 Å². The Morgan fingerprint density at radius 2 is 1.95 bits per heavy atom. The molecule has 2 atom stereocenters. The van der Waals surface area contributed by atoms with Gasteiger partial charge < -0.3 is 10.5 Å². The molecule has 21 heavy (non-hydrogen) atoms. The molecule has 0 saturated heterocycles. The molecule has 1 saturated carbocycles. The van der Waals surface area contributed by atoms with Crippen molar-refractivity contribution in [2.75, 3.05) is 13.2 Å². The molecule has 0 bridgehead atoms. The number of ether oxygens (including phenoxy) is 1. The van der Waals surface area contributed by atoms with Crippen LogP contribution in [0.2, 0.25) is 0 Å². The van der Waals surface area contributed by atoms with Crippen LogP contribution in [0.15, 0.2) is 30.3 Å². The molecule has 2 N–H and O–H groups in total. The highest BCUT2D eigenvalue weighted by molar-refractivity contribution is 5.85. The van der Waals surface area contributed by atoms with Gasteiger partial charge in [-0.05, 0) is 50.3 Å². The Hall–Kier alpha value is -1.61. The fourth-order valence-corrected chi connectivity index (χ4v) is 3.40. The number of benzene rings is 1. The van der Waals surface area contributed by atoms with Gasteiger partial charge in [0, 0.05) is 17.1 Å². The first kappa shape index (κ1) is 14.3. The van der Waals surface area contributed by atoms with E-state index in [1.807, 2.05) is 31.2 Å². The maximum Gasteiger partial charge on any atom is 0.130 e. The van der Waals surface area contributed by atoms with E-state index in [9.17, 15) is 0 Å². The van der Waals surface area contributed by atoms with Crippen molar-refractivity contribution in [2.45, 2.75) is 32.6 Å². The summed E-state index contributed by atoms with van der Waals surface area (Å²) in [5.74, 6) is 2.17. The predicted molar refractivity (Wildman–Crippen MR) is 86.5 cm³/mol. The van der Waals surface area contributed by atoms with E-state index >= 15 is 0 Å². The van der Waals surface area contributed by atoms with E-state index in [4.69, 9.17) is 10.5 Å². The zero-order valence-electron chi connectivity index (χ0n) is 12.7. The van der Waals surface area contributed by atoms with Crippen LogP contribution in [0.4, 0.5) is 0 Å². The standard InChI is InChI=1S/C18H24N2O/c1-13-10-18(16-8-4-5-9-17(16)20-13)21-12-15-7-3-2-6-14(15)11-19/h4-5,8-10,14-15H,2-3,6-7,11-12,19H2,1H3. The molecule has 1 aliphatic rings. The Kier molecular flexibility index (Phi) is 4.39. The van der Waals surface area contributed by atoms with Gasteiger partial charge in [0.05, 0.1) is 12.1 Å². The molecule has 0 radical (unpaired) electrons. The monoisotopic (exact) mass is 284 g/mol. The number of nitrogens with two attached hydrogens (primary N) is 1. The van der Waals surface area contributed by atoms with Gasteiger partial charge in [0.25, 0.3) is 0 Å². The van der Waals surface area contributed by atoms with E-state index in [1.165, 1.54) is 25.7 Å². The Labute approximate surface area is 126 Å². The predicted octanol–water partition coefficient (Wildman–Crippen LogP) is 3.69. The van der Waals surface area contributed by atoms with Crippen molar-refractivity contribution in [3.8, 4) is 5.75 Å². The number of fused-ring (bicyclic) bond motifs is 1. The number of pyridine rings is 1. The smallest absolute Gasteiger partial charge is 0.130 e. The van der Waals surface area contributed by atoms with E-state index in [1.54, 1.807) is 0 Å². The molecular formula is C18H24N2O. The first-order chi connectivity index (χ1) is 10.3.